The highest BCUT2D eigenvalue weighted by Gasteiger charge is 2.43. The van der Waals surface area contributed by atoms with Crippen molar-refractivity contribution < 1.29 is 28.5 Å². The number of hydrogen-bond acceptors (Lipinski definition) is 9. The molecule has 3 aromatic rings. The van der Waals surface area contributed by atoms with Gasteiger partial charge in [0, 0.05) is 5.56 Å². The first-order chi connectivity index (χ1) is 14.7. The average molecular weight is 450 g/mol. The average Bonchev–Trinajstić information content (AvgIpc) is 3.32. The van der Waals surface area contributed by atoms with Crippen LogP contribution in [-0.4, -0.2) is 56.3 Å². The van der Waals surface area contributed by atoms with Crippen molar-refractivity contribution in [3.05, 3.63) is 35.0 Å². The minimum atomic E-state index is -1.22. The molecule has 0 unspecified atom stereocenters. The third-order valence-electron chi connectivity index (χ3n) is 5.28. The topological polar surface area (TPSA) is 110 Å². The molecule has 2 fully saturated rings. The van der Waals surface area contributed by atoms with Crippen molar-refractivity contribution in [3.8, 4) is 11.3 Å². The molecule has 2 aliphatic rings. The number of anilines is 1. The van der Waals surface area contributed by atoms with Crippen molar-refractivity contribution >= 4 is 27.5 Å². The SMILES string of the molecule is CC(C)(O)c1nc2c(F)cc(-c3nc(N[C@@H]4C[C@H]5CO[C@H](O5)[C@H]4O)ncc3F)cc2s1. The Morgan fingerprint density at radius 1 is 1.23 bits per heavy atom. The van der Waals surface area contributed by atoms with E-state index in [-0.39, 0.29) is 28.8 Å². The monoisotopic (exact) mass is 450 g/mol. The highest BCUT2D eigenvalue weighted by Crippen LogP contribution is 2.35. The molecule has 11 heteroatoms. The van der Waals surface area contributed by atoms with Crippen LogP contribution < -0.4 is 5.32 Å². The second-order valence-electron chi connectivity index (χ2n) is 8.21. The van der Waals surface area contributed by atoms with E-state index in [1.165, 1.54) is 0 Å². The number of aliphatic hydroxyl groups excluding tert-OH is 1. The predicted molar refractivity (Wildman–Crippen MR) is 108 cm³/mol. The summed E-state index contributed by atoms with van der Waals surface area (Å²) in [5, 5.41) is 23.9. The van der Waals surface area contributed by atoms with Gasteiger partial charge in [0.05, 0.1) is 29.6 Å². The van der Waals surface area contributed by atoms with Gasteiger partial charge in [0.25, 0.3) is 0 Å². The lowest BCUT2D eigenvalue weighted by atomic mass is 10.0. The fraction of sp³-hybridized carbons (Fsp3) is 0.450. The van der Waals surface area contributed by atoms with E-state index in [1.807, 2.05) is 0 Å². The van der Waals surface area contributed by atoms with Crippen LogP contribution in [0.5, 0.6) is 0 Å². The molecule has 1 aromatic carbocycles. The molecule has 0 saturated carbocycles. The van der Waals surface area contributed by atoms with Crippen molar-refractivity contribution in [2.45, 2.75) is 50.4 Å². The van der Waals surface area contributed by atoms with Crippen LogP contribution in [0.3, 0.4) is 0 Å². The molecular weight excluding hydrogens is 430 g/mol. The number of aliphatic hydroxyl groups is 2. The summed E-state index contributed by atoms with van der Waals surface area (Å²) in [5.74, 6) is -1.25. The van der Waals surface area contributed by atoms with Gasteiger partial charge in [-0.15, -0.1) is 11.3 Å². The second kappa shape index (κ2) is 7.38. The van der Waals surface area contributed by atoms with Crippen LogP contribution in [0.25, 0.3) is 21.5 Å². The third kappa shape index (κ3) is 3.76. The molecule has 0 spiro atoms. The summed E-state index contributed by atoms with van der Waals surface area (Å²) in [6.07, 6.45) is -0.308. The summed E-state index contributed by atoms with van der Waals surface area (Å²) in [4.78, 5) is 12.3. The van der Waals surface area contributed by atoms with Crippen molar-refractivity contribution in [2.75, 3.05) is 11.9 Å². The molecule has 4 atom stereocenters. The molecule has 2 bridgehead atoms. The van der Waals surface area contributed by atoms with Gasteiger partial charge < -0.3 is 25.0 Å². The van der Waals surface area contributed by atoms with E-state index in [9.17, 15) is 19.0 Å². The van der Waals surface area contributed by atoms with Crippen LogP contribution in [-0.2, 0) is 15.1 Å². The molecule has 3 N–H and O–H groups in total. The van der Waals surface area contributed by atoms with Crippen LogP contribution >= 0.6 is 11.3 Å². The van der Waals surface area contributed by atoms with E-state index in [2.05, 4.69) is 20.3 Å². The van der Waals surface area contributed by atoms with Gasteiger partial charge in [0.2, 0.25) is 5.95 Å². The number of thiazole rings is 1. The Morgan fingerprint density at radius 3 is 2.81 bits per heavy atom. The minimum absolute atomic E-state index is 0.0859. The Labute approximate surface area is 179 Å². The lowest BCUT2D eigenvalue weighted by Gasteiger charge is -2.32. The number of hydrogen-bond donors (Lipinski definition) is 3. The highest BCUT2D eigenvalue weighted by atomic mass is 32.1. The molecule has 4 heterocycles. The molecule has 5 rings (SSSR count). The Balaban J connectivity index is 1.48. The molecule has 2 saturated heterocycles. The minimum Gasteiger partial charge on any atom is -0.386 e. The summed E-state index contributed by atoms with van der Waals surface area (Å²) >= 11 is 1.13. The maximum atomic E-state index is 14.7. The van der Waals surface area contributed by atoms with E-state index < -0.39 is 35.7 Å². The number of ether oxygens (including phenoxy) is 2. The zero-order valence-electron chi connectivity index (χ0n) is 16.7. The van der Waals surface area contributed by atoms with E-state index in [4.69, 9.17) is 9.47 Å². The number of rotatable bonds is 4. The van der Waals surface area contributed by atoms with Gasteiger partial charge >= 0.3 is 0 Å². The number of benzene rings is 1. The van der Waals surface area contributed by atoms with E-state index in [1.54, 1.807) is 19.9 Å². The van der Waals surface area contributed by atoms with Gasteiger partial charge in [-0.3, -0.25) is 0 Å². The number of halogens is 2. The Morgan fingerprint density at radius 2 is 2.03 bits per heavy atom. The standard InChI is InChI=1S/C20H20F2N4O4S/c1-20(2,28)18-25-15-10(21)3-8(4-13(15)31-18)14-11(22)6-23-19(26-14)24-12-5-9-7-29-17(30-9)16(12)27/h3-4,6,9,12,16-17,27-28H,5,7H2,1-2H3,(H,23,24,26)/t9-,12+,16-,17+/m0/s1. The number of fused-ring (bicyclic) bond motifs is 3. The smallest absolute Gasteiger partial charge is 0.223 e. The summed E-state index contributed by atoms with van der Waals surface area (Å²) in [5.41, 5.74) is -0.979. The number of aromatic nitrogens is 3. The van der Waals surface area contributed by atoms with Gasteiger partial charge in [0.1, 0.15) is 27.9 Å². The fourth-order valence-corrected chi connectivity index (χ4v) is 4.74. The van der Waals surface area contributed by atoms with Gasteiger partial charge in [-0.05, 0) is 32.4 Å². The zero-order chi connectivity index (χ0) is 21.9. The van der Waals surface area contributed by atoms with Crippen molar-refractivity contribution in [3.63, 3.8) is 0 Å². The summed E-state index contributed by atoms with van der Waals surface area (Å²) in [6, 6.07) is 2.31. The first-order valence-electron chi connectivity index (χ1n) is 9.76. The Bertz CT molecular complexity index is 1150. The maximum Gasteiger partial charge on any atom is 0.223 e. The highest BCUT2D eigenvalue weighted by molar-refractivity contribution is 7.18. The first-order valence-corrected chi connectivity index (χ1v) is 10.6. The number of nitrogens with one attached hydrogen (secondary N) is 1. The van der Waals surface area contributed by atoms with Crippen LogP contribution in [0.2, 0.25) is 0 Å². The molecular formula is C20H20F2N4O4S. The van der Waals surface area contributed by atoms with Crippen LogP contribution in [0.15, 0.2) is 18.3 Å². The second-order valence-corrected chi connectivity index (χ2v) is 9.24. The molecule has 164 valence electrons. The van der Waals surface area contributed by atoms with E-state index >= 15 is 0 Å². The van der Waals surface area contributed by atoms with Crippen LogP contribution in [0, 0.1) is 11.6 Å². The van der Waals surface area contributed by atoms with Gasteiger partial charge in [0.15, 0.2) is 17.9 Å². The quantitative estimate of drug-likeness (QED) is 0.557. The molecule has 0 aliphatic carbocycles. The fourth-order valence-electron chi connectivity index (χ4n) is 3.72. The predicted octanol–water partition coefficient (Wildman–Crippen LogP) is 2.55. The first kappa shape index (κ1) is 20.6. The summed E-state index contributed by atoms with van der Waals surface area (Å²) in [6.45, 7) is 3.53. The van der Waals surface area contributed by atoms with Gasteiger partial charge in [-0.2, -0.15) is 0 Å². The molecule has 2 aromatic heterocycles. The lowest BCUT2D eigenvalue weighted by Crippen LogP contribution is -2.48. The van der Waals surface area contributed by atoms with Crippen molar-refractivity contribution in [1.82, 2.24) is 15.0 Å². The number of nitrogens with zero attached hydrogens (tertiary/aromatic N) is 3. The Hall–Kier alpha value is -2.31. The third-order valence-corrected chi connectivity index (χ3v) is 6.60. The van der Waals surface area contributed by atoms with E-state index in [0.717, 1.165) is 23.6 Å². The maximum absolute atomic E-state index is 14.7. The molecule has 31 heavy (non-hydrogen) atoms. The molecule has 2 aliphatic heterocycles. The molecule has 8 nitrogen and oxygen atoms in total. The van der Waals surface area contributed by atoms with Gasteiger partial charge in [-0.1, -0.05) is 0 Å². The Kier molecular flexibility index (Phi) is 4.90. The van der Waals surface area contributed by atoms with Gasteiger partial charge in [-0.25, -0.2) is 23.7 Å². The molecule has 0 radical (unpaired) electrons. The summed E-state index contributed by atoms with van der Waals surface area (Å²) < 4.78 is 40.6. The van der Waals surface area contributed by atoms with E-state index in [0.29, 0.717) is 22.7 Å². The summed E-state index contributed by atoms with van der Waals surface area (Å²) in [7, 11) is 0. The van der Waals surface area contributed by atoms with Crippen molar-refractivity contribution in [2.24, 2.45) is 0 Å². The van der Waals surface area contributed by atoms with Crippen molar-refractivity contribution in [1.29, 1.82) is 0 Å². The van der Waals surface area contributed by atoms with Crippen LogP contribution in [0.4, 0.5) is 14.7 Å². The zero-order valence-corrected chi connectivity index (χ0v) is 17.5. The normalized spacial score (nSPS) is 25.9. The lowest BCUT2D eigenvalue weighted by molar-refractivity contribution is -0.156. The molecule has 0 amide bonds. The van der Waals surface area contributed by atoms with Crippen LogP contribution in [0.1, 0.15) is 25.3 Å². The largest absolute Gasteiger partial charge is 0.386 e.